The number of ether oxygens (including phenoxy) is 2. The van der Waals surface area contributed by atoms with E-state index < -0.39 is 0 Å². The Morgan fingerprint density at radius 3 is 0.964 bits per heavy atom. The van der Waals surface area contributed by atoms with Crippen molar-refractivity contribution in [3.63, 3.8) is 0 Å². The topological polar surface area (TPSA) is 18.5 Å². The van der Waals surface area contributed by atoms with Gasteiger partial charge in [-0.3, -0.25) is 0 Å². The second kappa shape index (κ2) is 10.2. The molecular weight excluding hydrogens is 344 g/mol. The van der Waals surface area contributed by atoms with Crippen LogP contribution < -0.4 is 0 Å². The van der Waals surface area contributed by atoms with Crippen LogP contribution in [0, 0.1) is 0 Å². The van der Waals surface area contributed by atoms with E-state index in [2.05, 4.69) is 90.1 Å². The van der Waals surface area contributed by atoms with Crippen LogP contribution in [-0.2, 0) is 20.3 Å². The van der Waals surface area contributed by atoms with Gasteiger partial charge in [-0.15, -0.1) is 0 Å². The Bertz CT molecular complexity index is 622. The minimum absolute atomic E-state index is 0.143. The van der Waals surface area contributed by atoms with Crippen LogP contribution in [0.25, 0.3) is 0 Å². The van der Waals surface area contributed by atoms with Gasteiger partial charge in [0.1, 0.15) is 12.2 Å². The van der Waals surface area contributed by atoms with Crippen LogP contribution in [0.3, 0.4) is 0 Å². The third kappa shape index (κ3) is 6.18. The maximum absolute atomic E-state index is 5.84. The van der Waals surface area contributed by atoms with E-state index in [0.29, 0.717) is 0 Å². The highest BCUT2D eigenvalue weighted by molar-refractivity contribution is 5.33. The van der Waals surface area contributed by atoms with E-state index in [0.717, 1.165) is 11.1 Å². The zero-order valence-corrected chi connectivity index (χ0v) is 19.6. The fourth-order valence-electron chi connectivity index (χ4n) is 3.21. The number of hydrogen-bond acceptors (Lipinski definition) is 2. The summed E-state index contributed by atoms with van der Waals surface area (Å²) in [5, 5.41) is 0. The van der Waals surface area contributed by atoms with Gasteiger partial charge < -0.3 is 9.47 Å². The summed E-state index contributed by atoms with van der Waals surface area (Å²) in [6, 6.07) is 17.4. The van der Waals surface area contributed by atoms with Crippen molar-refractivity contribution >= 4 is 0 Å². The summed E-state index contributed by atoms with van der Waals surface area (Å²) < 4.78 is 11.7. The standard InChI is InChI=1S/C24H34O2.C2H6/c1-23(2,3)19-13-9-17(10-14-19)21(25-7)22(26-8)18-11-15-20(16-12-18)24(4,5)6;1-2/h9-16,21-22H,1-8H3;1-2H3. The van der Waals surface area contributed by atoms with Crippen molar-refractivity contribution in [1.82, 2.24) is 0 Å². The Balaban J connectivity index is 0.00000190. The van der Waals surface area contributed by atoms with Gasteiger partial charge in [-0.05, 0) is 33.1 Å². The highest BCUT2D eigenvalue weighted by Crippen LogP contribution is 2.36. The zero-order valence-electron chi connectivity index (χ0n) is 19.6. The molecule has 2 nitrogen and oxygen atoms in total. The molecule has 0 radical (unpaired) electrons. The van der Waals surface area contributed by atoms with Crippen molar-refractivity contribution in [3.05, 3.63) is 70.8 Å². The summed E-state index contributed by atoms with van der Waals surface area (Å²) in [5.74, 6) is 0. The lowest BCUT2D eigenvalue weighted by Gasteiger charge is -2.27. The summed E-state index contributed by atoms with van der Waals surface area (Å²) in [4.78, 5) is 0. The fraction of sp³-hybridized carbons (Fsp3) is 0.538. The molecule has 2 rings (SSSR count). The molecule has 0 N–H and O–H groups in total. The third-order valence-electron chi connectivity index (χ3n) is 4.99. The molecule has 0 saturated carbocycles. The molecule has 0 aliphatic heterocycles. The molecule has 0 aliphatic carbocycles. The van der Waals surface area contributed by atoms with E-state index in [1.165, 1.54) is 11.1 Å². The van der Waals surface area contributed by atoms with Crippen LogP contribution in [0.1, 0.15) is 89.9 Å². The monoisotopic (exact) mass is 384 g/mol. The summed E-state index contributed by atoms with van der Waals surface area (Å²) in [5.41, 5.74) is 5.19. The molecule has 0 aliphatic rings. The van der Waals surface area contributed by atoms with Crippen molar-refractivity contribution < 1.29 is 9.47 Å². The van der Waals surface area contributed by atoms with Gasteiger partial charge in [0, 0.05) is 14.2 Å². The predicted octanol–water partition coefficient (Wildman–Crippen LogP) is 7.38. The lowest BCUT2D eigenvalue weighted by molar-refractivity contribution is -0.0397. The van der Waals surface area contributed by atoms with E-state index in [1.807, 2.05) is 13.8 Å². The maximum atomic E-state index is 5.84. The third-order valence-corrected chi connectivity index (χ3v) is 4.99. The fourth-order valence-corrected chi connectivity index (χ4v) is 3.21. The molecule has 28 heavy (non-hydrogen) atoms. The second-order valence-corrected chi connectivity index (χ2v) is 9.06. The van der Waals surface area contributed by atoms with Gasteiger partial charge in [0.2, 0.25) is 0 Å². The first kappa shape index (κ1) is 24.4. The Labute approximate surface area is 173 Å². The Kier molecular flexibility index (Phi) is 8.91. The van der Waals surface area contributed by atoms with Crippen molar-refractivity contribution in [2.45, 2.75) is 78.4 Å². The maximum Gasteiger partial charge on any atom is 0.112 e. The van der Waals surface area contributed by atoms with Crippen LogP contribution in [0.15, 0.2) is 48.5 Å². The van der Waals surface area contributed by atoms with Crippen LogP contribution in [0.2, 0.25) is 0 Å². The Hall–Kier alpha value is -1.64. The van der Waals surface area contributed by atoms with E-state index in [1.54, 1.807) is 14.2 Å². The van der Waals surface area contributed by atoms with Crippen molar-refractivity contribution in [2.75, 3.05) is 14.2 Å². The molecule has 0 aromatic heterocycles. The molecule has 0 saturated heterocycles. The lowest BCUT2D eigenvalue weighted by atomic mass is 9.85. The van der Waals surface area contributed by atoms with Gasteiger partial charge in [-0.1, -0.05) is 104 Å². The Morgan fingerprint density at radius 2 is 0.786 bits per heavy atom. The molecule has 0 fully saturated rings. The normalized spacial score (nSPS) is 14.1. The molecule has 0 heterocycles. The van der Waals surface area contributed by atoms with Gasteiger partial charge in [0.25, 0.3) is 0 Å². The molecule has 0 bridgehead atoms. The van der Waals surface area contributed by atoms with Crippen LogP contribution >= 0.6 is 0 Å². The van der Waals surface area contributed by atoms with Gasteiger partial charge in [0.15, 0.2) is 0 Å². The van der Waals surface area contributed by atoms with Gasteiger partial charge in [-0.2, -0.15) is 0 Å². The number of rotatable bonds is 5. The highest BCUT2D eigenvalue weighted by atomic mass is 16.5. The highest BCUT2D eigenvalue weighted by Gasteiger charge is 2.26. The molecule has 2 atom stereocenters. The molecule has 2 heteroatoms. The first-order valence-electron chi connectivity index (χ1n) is 10.3. The predicted molar refractivity (Wildman–Crippen MR) is 121 cm³/mol. The van der Waals surface area contributed by atoms with Crippen molar-refractivity contribution in [3.8, 4) is 0 Å². The molecule has 156 valence electrons. The average Bonchev–Trinajstić information content (AvgIpc) is 2.66. The zero-order chi connectivity index (χ0) is 21.5. The number of methoxy groups -OCH3 is 2. The lowest BCUT2D eigenvalue weighted by Crippen LogP contribution is -2.17. The largest absolute Gasteiger partial charge is 0.374 e. The number of benzene rings is 2. The van der Waals surface area contributed by atoms with Gasteiger partial charge in [-0.25, -0.2) is 0 Å². The summed E-state index contributed by atoms with van der Waals surface area (Å²) in [7, 11) is 3.50. The first-order valence-corrected chi connectivity index (χ1v) is 10.3. The molecular formula is C26H40O2. The molecule has 0 amide bonds. The summed E-state index contributed by atoms with van der Waals surface area (Å²) >= 11 is 0. The molecule has 2 aromatic carbocycles. The first-order chi connectivity index (χ1) is 13.1. The summed E-state index contributed by atoms with van der Waals surface area (Å²) in [6.45, 7) is 17.4. The van der Waals surface area contributed by atoms with Crippen molar-refractivity contribution in [1.29, 1.82) is 0 Å². The smallest absolute Gasteiger partial charge is 0.112 e. The average molecular weight is 385 g/mol. The quantitative estimate of drug-likeness (QED) is 0.535. The van der Waals surface area contributed by atoms with E-state index in [-0.39, 0.29) is 23.0 Å². The SMILES string of the molecule is CC.COC(c1ccc(C(C)(C)C)cc1)C(OC)c1ccc(C(C)(C)C)cc1. The molecule has 0 spiro atoms. The van der Waals surface area contributed by atoms with Crippen LogP contribution in [0.5, 0.6) is 0 Å². The van der Waals surface area contributed by atoms with Gasteiger partial charge in [0.05, 0.1) is 0 Å². The Morgan fingerprint density at radius 1 is 0.536 bits per heavy atom. The summed E-state index contributed by atoms with van der Waals surface area (Å²) in [6.07, 6.45) is -0.288. The van der Waals surface area contributed by atoms with Crippen LogP contribution in [0.4, 0.5) is 0 Å². The van der Waals surface area contributed by atoms with Gasteiger partial charge >= 0.3 is 0 Å². The molecule has 2 aromatic rings. The second-order valence-electron chi connectivity index (χ2n) is 9.06. The van der Waals surface area contributed by atoms with E-state index in [4.69, 9.17) is 9.47 Å². The molecule has 2 unspecified atom stereocenters. The number of hydrogen-bond donors (Lipinski definition) is 0. The van der Waals surface area contributed by atoms with Crippen LogP contribution in [-0.4, -0.2) is 14.2 Å². The minimum atomic E-state index is -0.144. The van der Waals surface area contributed by atoms with E-state index >= 15 is 0 Å². The minimum Gasteiger partial charge on any atom is -0.374 e. The van der Waals surface area contributed by atoms with Crippen molar-refractivity contribution in [2.24, 2.45) is 0 Å². The van der Waals surface area contributed by atoms with E-state index in [9.17, 15) is 0 Å².